The van der Waals surface area contributed by atoms with Crippen LogP contribution in [-0.2, 0) is 14.8 Å². The number of halogens is 1. The van der Waals surface area contributed by atoms with Crippen LogP contribution in [0.15, 0.2) is 59.5 Å². The third-order valence-electron chi connectivity index (χ3n) is 5.80. The van der Waals surface area contributed by atoms with Crippen molar-refractivity contribution in [3.05, 3.63) is 60.2 Å². The normalized spacial score (nSPS) is 22.7. The van der Waals surface area contributed by atoms with Crippen molar-refractivity contribution < 1.29 is 13.2 Å². The van der Waals surface area contributed by atoms with Crippen LogP contribution in [0.1, 0.15) is 24.3 Å². The van der Waals surface area contributed by atoms with Crippen LogP contribution in [0.4, 0.5) is 5.69 Å². The molecular formula is C21H26ClN3O3S. The van der Waals surface area contributed by atoms with E-state index in [0.717, 1.165) is 17.7 Å². The van der Waals surface area contributed by atoms with Gasteiger partial charge in [0.25, 0.3) is 0 Å². The Kier molecular flexibility index (Phi) is 6.63. The van der Waals surface area contributed by atoms with E-state index in [1.165, 1.54) is 4.31 Å². The maximum Gasteiger partial charge on any atom is 0.243 e. The Hall–Kier alpha value is -1.93. The van der Waals surface area contributed by atoms with Gasteiger partial charge in [0.15, 0.2) is 0 Å². The Morgan fingerprint density at radius 1 is 1.00 bits per heavy atom. The second-order valence-electron chi connectivity index (χ2n) is 7.48. The standard InChI is InChI=1S/C21H25N3O3S.ClH/c22-13-17-14-23(15-20(17)16-5-2-1-3-6-16)28(26,27)19-10-8-18(9-11-19)24-12-4-7-21(24)25;/h1-3,5-6,8-11,17,20H,4,7,12-15,22H2;1H/t17-,20+;/m1./s1. The Labute approximate surface area is 178 Å². The summed E-state index contributed by atoms with van der Waals surface area (Å²) >= 11 is 0. The Balaban J connectivity index is 0.00000240. The summed E-state index contributed by atoms with van der Waals surface area (Å²) in [5.74, 6) is 0.285. The van der Waals surface area contributed by atoms with Crippen molar-refractivity contribution in [2.24, 2.45) is 11.7 Å². The minimum atomic E-state index is -3.60. The fraction of sp³-hybridized carbons (Fsp3) is 0.381. The molecule has 156 valence electrons. The molecule has 0 saturated carbocycles. The molecule has 2 atom stereocenters. The summed E-state index contributed by atoms with van der Waals surface area (Å²) in [4.78, 5) is 13.9. The van der Waals surface area contributed by atoms with Crippen molar-refractivity contribution in [1.29, 1.82) is 0 Å². The topological polar surface area (TPSA) is 83.7 Å². The van der Waals surface area contributed by atoms with Crippen molar-refractivity contribution in [3.63, 3.8) is 0 Å². The van der Waals surface area contributed by atoms with Crippen molar-refractivity contribution in [2.45, 2.75) is 23.7 Å². The molecule has 2 heterocycles. The number of nitrogens with zero attached hydrogens (tertiary/aromatic N) is 2. The van der Waals surface area contributed by atoms with Crippen LogP contribution in [0.3, 0.4) is 0 Å². The number of carbonyl (C=O) groups is 1. The molecule has 2 N–H and O–H groups in total. The first-order valence-corrected chi connectivity index (χ1v) is 11.1. The highest BCUT2D eigenvalue weighted by Gasteiger charge is 2.39. The van der Waals surface area contributed by atoms with Crippen LogP contribution in [-0.4, -0.2) is 44.8 Å². The third-order valence-corrected chi connectivity index (χ3v) is 7.64. The molecule has 6 nitrogen and oxygen atoms in total. The van der Waals surface area contributed by atoms with Crippen molar-refractivity contribution in [1.82, 2.24) is 4.31 Å². The third kappa shape index (κ3) is 4.19. The van der Waals surface area contributed by atoms with E-state index in [4.69, 9.17) is 5.73 Å². The molecule has 2 aliphatic rings. The first-order valence-electron chi connectivity index (χ1n) is 9.66. The SMILES string of the molecule is Cl.NC[C@@H]1CN(S(=O)(=O)c2ccc(N3CCCC3=O)cc2)C[C@H]1c1ccccc1. The van der Waals surface area contributed by atoms with Crippen LogP contribution in [0, 0.1) is 5.92 Å². The Morgan fingerprint density at radius 2 is 1.69 bits per heavy atom. The summed E-state index contributed by atoms with van der Waals surface area (Å²) in [7, 11) is -3.60. The number of sulfonamides is 1. The van der Waals surface area contributed by atoms with E-state index < -0.39 is 10.0 Å². The summed E-state index contributed by atoms with van der Waals surface area (Å²) in [5, 5.41) is 0. The van der Waals surface area contributed by atoms with Crippen LogP contribution in [0.25, 0.3) is 0 Å². The number of amides is 1. The molecule has 0 spiro atoms. The van der Waals surface area contributed by atoms with Gasteiger partial charge in [0, 0.05) is 37.7 Å². The summed E-state index contributed by atoms with van der Waals surface area (Å²) in [6.45, 7) is 1.99. The minimum Gasteiger partial charge on any atom is -0.330 e. The lowest BCUT2D eigenvalue weighted by Crippen LogP contribution is -2.30. The first-order chi connectivity index (χ1) is 13.5. The highest BCUT2D eigenvalue weighted by Crippen LogP contribution is 2.35. The predicted octanol–water partition coefficient (Wildman–Crippen LogP) is 2.60. The summed E-state index contributed by atoms with van der Waals surface area (Å²) in [5.41, 5.74) is 7.83. The molecule has 0 radical (unpaired) electrons. The smallest absolute Gasteiger partial charge is 0.243 e. The van der Waals surface area contributed by atoms with Crippen LogP contribution in [0.2, 0.25) is 0 Å². The van der Waals surface area contributed by atoms with Gasteiger partial charge in [-0.25, -0.2) is 8.42 Å². The van der Waals surface area contributed by atoms with Gasteiger partial charge in [0.1, 0.15) is 0 Å². The lowest BCUT2D eigenvalue weighted by atomic mass is 9.89. The van der Waals surface area contributed by atoms with Gasteiger partial charge < -0.3 is 10.6 Å². The number of rotatable bonds is 5. The zero-order valence-electron chi connectivity index (χ0n) is 16.1. The van der Waals surface area contributed by atoms with E-state index in [9.17, 15) is 13.2 Å². The molecule has 2 aromatic rings. The fourth-order valence-corrected chi connectivity index (χ4v) is 5.74. The van der Waals surface area contributed by atoms with E-state index in [2.05, 4.69) is 0 Å². The molecule has 2 saturated heterocycles. The van der Waals surface area contributed by atoms with Gasteiger partial charge in [-0.3, -0.25) is 4.79 Å². The monoisotopic (exact) mass is 435 g/mol. The van der Waals surface area contributed by atoms with E-state index in [1.54, 1.807) is 29.2 Å². The zero-order chi connectivity index (χ0) is 19.7. The second-order valence-corrected chi connectivity index (χ2v) is 9.42. The van der Waals surface area contributed by atoms with Gasteiger partial charge in [-0.15, -0.1) is 12.4 Å². The van der Waals surface area contributed by atoms with E-state index in [0.29, 0.717) is 32.6 Å². The minimum absolute atomic E-state index is 0. The average Bonchev–Trinajstić information content (AvgIpc) is 3.35. The lowest BCUT2D eigenvalue weighted by molar-refractivity contribution is -0.117. The summed E-state index contributed by atoms with van der Waals surface area (Å²) < 4.78 is 27.9. The number of anilines is 1. The molecule has 2 aromatic carbocycles. The maximum atomic E-state index is 13.2. The molecule has 0 unspecified atom stereocenters. The zero-order valence-corrected chi connectivity index (χ0v) is 17.7. The van der Waals surface area contributed by atoms with Gasteiger partial charge in [0.05, 0.1) is 4.90 Å². The summed E-state index contributed by atoms with van der Waals surface area (Å²) in [6, 6.07) is 16.6. The van der Waals surface area contributed by atoms with Crippen LogP contribution in [0.5, 0.6) is 0 Å². The average molecular weight is 436 g/mol. The molecule has 0 aliphatic carbocycles. The molecule has 29 heavy (non-hydrogen) atoms. The van der Waals surface area contributed by atoms with Gasteiger partial charge in [-0.1, -0.05) is 30.3 Å². The molecule has 1 amide bonds. The largest absolute Gasteiger partial charge is 0.330 e. The molecule has 0 bridgehead atoms. The quantitative estimate of drug-likeness (QED) is 0.782. The van der Waals surface area contributed by atoms with E-state index >= 15 is 0 Å². The molecule has 0 aromatic heterocycles. The number of carbonyl (C=O) groups excluding carboxylic acids is 1. The highest BCUT2D eigenvalue weighted by atomic mass is 35.5. The molecule has 2 fully saturated rings. The second kappa shape index (κ2) is 8.83. The van der Waals surface area contributed by atoms with Gasteiger partial charge in [-0.05, 0) is 48.7 Å². The molecular weight excluding hydrogens is 410 g/mol. The Morgan fingerprint density at radius 3 is 2.28 bits per heavy atom. The maximum absolute atomic E-state index is 13.2. The molecule has 4 rings (SSSR count). The van der Waals surface area contributed by atoms with Crippen LogP contribution >= 0.6 is 12.4 Å². The fourth-order valence-electron chi connectivity index (χ4n) is 4.21. The summed E-state index contributed by atoms with van der Waals surface area (Å²) in [6.07, 6.45) is 1.39. The number of hydrogen-bond donors (Lipinski definition) is 1. The number of nitrogens with two attached hydrogens (primary N) is 1. The number of benzene rings is 2. The van der Waals surface area contributed by atoms with Gasteiger partial charge >= 0.3 is 0 Å². The van der Waals surface area contributed by atoms with Crippen molar-refractivity contribution in [2.75, 3.05) is 31.1 Å². The lowest BCUT2D eigenvalue weighted by Gasteiger charge is -2.19. The highest BCUT2D eigenvalue weighted by molar-refractivity contribution is 7.89. The van der Waals surface area contributed by atoms with E-state index in [-0.39, 0.29) is 35.0 Å². The number of hydrogen-bond acceptors (Lipinski definition) is 4. The Bertz CT molecular complexity index is 951. The van der Waals surface area contributed by atoms with Gasteiger partial charge in [-0.2, -0.15) is 4.31 Å². The van der Waals surface area contributed by atoms with Crippen LogP contribution < -0.4 is 10.6 Å². The van der Waals surface area contributed by atoms with Crippen molar-refractivity contribution in [3.8, 4) is 0 Å². The van der Waals surface area contributed by atoms with Crippen molar-refractivity contribution >= 4 is 34.0 Å². The van der Waals surface area contributed by atoms with Gasteiger partial charge in [0.2, 0.25) is 15.9 Å². The van der Waals surface area contributed by atoms with E-state index in [1.807, 2.05) is 30.3 Å². The predicted molar refractivity (Wildman–Crippen MR) is 116 cm³/mol. The molecule has 8 heteroatoms. The molecule has 2 aliphatic heterocycles. The first kappa shape index (κ1) is 21.8.